The highest BCUT2D eigenvalue weighted by Crippen LogP contribution is 2.33. The first-order valence-electron chi connectivity index (χ1n) is 8.29. The second kappa shape index (κ2) is 6.84. The molecular formula is C21H15NO5. The van der Waals surface area contributed by atoms with Crippen LogP contribution in [0.5, 0.6) is 17.2 Å². The SMILES string of the molecule is O=C(Oc1ccccc1C1NC(=O)c2ccccc2O1)c1ccccc1O. The molecule has 0 radical (unpaired) electrons. The van der Waals surface area contributed by atoms with Crippen molar-refractivity contribution in [2.45, 2.75) is 6.23 Å². The minimum absolute atomic E-state index is 0.0475. The smallest absolute Gasteiger partial charge is 0.347 e. The van der Waals surface area contributed by atoms with Gasteiger partial charge in [0.25, 0.3) is 5.91 Å². The number of ether oxygens (including phenoxy) is 2. The van der Waals surface area contributed by atoms with Gasteiger partial charge in [-0.25, -0.2) is 4.79 Å². The monoisotopic (exact) mass is 361 g/mol. The van der Waals surface area contributed by atoms with Crippen molar-refractivity contribution in [2.75, 3.05) is 0 Å². The zero-order chi connectivity index (χ0) is 18.8. The molecule has 3 aromatic rings. The van der Waals surface area contributed by atoms with E-state index in [9.17, 15) is 14.7 Å². The molecule has 2 N–H and O–H groups in total. The van der Waals surface area contributed by atoms with Crippen molar-refractivity contribution in [3.8, 4) is 17.2 Å². The molecule has 6 heteroatoms. The maximum Gasteiger partial charge on any atom is 0.347 e. The number of carbonyl (C=O) groups excluding carboxylic acids is 2. The lowest BCUT2D eigenvalue weighted by Gasteiger charge is -2.27. The van der Waals surface area contributed by atoms with Crippen molar-refractivity contribution in [2.24, 2.45) is 0 Å². The molecule has 1 amide bonds. The highest BCUT2D eigenvalue weighted by Gasteiger charge is 2.29. The Morgan fingerprint density at radius 1 is 0.963 bits per heavy atom. The largest absolute Gasteiger partial charge is 0.507 e. The standard InChI is InChI=1S/C21H15NO5/c23-16-10-4-1-7-13(16)21(25)27-18-12-6-3-9-15(18)20-22-19(24)14-8-2-5-11-17(14)26-20/h1-12,20,23H,(H,22,24). The third kappa shape index (κ3) is 3.20. The maximum atomic E-state index is 12.4. The number of phenols is 1. The van der Waals surface area contributed by atoms with Crippen LogP contribution in [0.15, 0.2) is 72.8 Å². The second-order valence-electron chi connectivity index (χ2n) is 5.91. The first-order chi connectivity index (χ1) is 13.1. The quantitative estimate of drug-likeness (QED) is 0.551. The molecule has 27 heavy (non-hydrogen) atoms. The van der Waals surface area contributed by atoms with Crippen LogP contribution in [0.4, 0.5) is 0 Å². The number of carbonyl (C=O) groups is 2. The highest BCUT2D eigenvalue weighted by atomic mass is 16.5. The summed E-state index contributed by atoms with van der Waals surface area (Å²) in [5, 5.41) is 12.6. The predicted molar refractivity (Wildman–Crippen MR) is 96.8 cm³/mol. The van der Waals surface area contributed by atoms with Crippen LogP contribution in [0.25, 0.3) is 0 Å². The summed E-state index contributed by atoms with van der Waals surface area (Å²) in [4.78, 5) is 24.8. The van der Waals surface area contributed by atoms with Gasteiger partial charge in [-0.3, -0.25) is 4.79 Å². The van der Waals surface area contributed by atoms with E-state index in [1.807, 2.05) is 0 Å². The minimum atomic E-state index is -0.805. The number of para-hydroxylation sites is 3. The lowest BCUT2D eigenvalue weighted by atomic mass is 10.1. The Hall–Kier alpha value is -3.80. The van der Waals surface area contributed by atoms with Crippen molar-refractivity contribution < 1.29 is 24.2 Å². The predicted octanol–water partition coefficient (Wildman–Crippen LogP) is 3.43. The Kier molecular flexibility index (Phi) is 4.22. The molecule has 1 aliphatic heterocycles. The number of phenolic OH excluding ortho intramolecular Hbond substituents is 1. The van der Waals surface area contributed by atoms with Crippen LogP contribution in [-0.4, -0.2) is 17.0 Å². The molecule has 0 saturated heterocycles. The molecule has 0 aliphatic carbocycles. The van der Waals surface area contributed by atoms with Crippen molar-refractivity contribution >= 4 is 11.9 Å². The zero-order valence-electron chi connectivity index (χ0n) is 14.1. The number of fused-ring (bicyclic) bond motifs is 1. The van der Waals surface area contributed by atoms with Gasteiger partial charge in [0.2, 0.25) is 6.23 Å². The number of esters is 1. The molecule has 134 valence electrons. The third-order valence-electron chi connectivity index (χ3n) is 4.17. The van der Waals surface area contributed by atoms with Crippen LogP contribution in [0, 0.1) is 0 Å². The average Bonchev–Trinajstić information content (AvgIpc) is 2.68. The van der Waals surface area contributed by atoms with Crippen molar-refractivity contribution in [1.82, 2.24) is 5.32 Å². The van der Waals surface area contributed by atoms with E-state index in [2.05, 4.69) is 5.32 Å². The second-order valence-corrected chi connectivity index (χ2v) is 5.91. The zero-order valence-corrected chi connectivity index (χ0v) is 14.1. The Bertz CT molecular complexity index is 1030. The Morgan fingerprint density at radius 2 is 1.67 bits per heavy atom. The van der Waals surface area contributed by atoms with Gasteiger partial charge in [0.1, 0.15) is 22.8 Å². The number of amides is 1. The summed E-state index contributed by atoms with van der Waals surface area (Å²) in [5.41, 5.74) is 0.979. The normalized spacial score (nSPS) is 15.3. The lowest BCUT2D eigenvalue weighted by Crippen LogP contribution is -2.37. The van der Waals surface area contributed by atoms with Gasteiger partial charge in [0.15, 0.2) is 0 Å². The summed E-state index contributed by atoms with van der Waals surface area (Å²) in [7, 11) is 0. The Morgan fingerprint density at radius 3 is 2.52 bits per heavy atom. The Balaban J connectivity index is 1.64. The molecule has 0 saturated carbocycles. The molecule has 0 fully saturated rings. The summed E-state index contributed by atoms with van der Waals surface area (Å²) >= 11 is 0. The van der Waals surface area contributed by atoms with Crippen LogP contribution < -0.4 is 14.8 Å². The van der Waals surface area contributed by atoms with E-state index in [0.717, 1.165) is 0 Å². The first-order valence-corrected chi connectivity index (χ1v) is 8.29. The van der Waals surface area contributed by atoms with Crippen LogP contribution in [0.2, 0.25) is 0 Å². The average molecular weight is 361 g/mol. The van der Waals surface area contributed by atoms with Gasteiger partial charge < -0.3 is 19.9 Å². The molecular weight excluding hydrogens is 346 g/mol. The van der Waals surface area contributed by atoms with Crippen LogP contribution in [0.1, 0.15) is 32.5 Å². The summed E-state index contributed by atoms with van der Waals surface area (Å²) in [6.07, 6.45) is -0.805. The van der Waals surface area contributed by atoms with Crippen LogP contribution >= 0.6 is 0 Å². The fraction of sp³-hybridized carbons (Fsp3) is 0.0476. The molecule has 0 bridgehead atoms. The van der Waals surface area contributed by atoms with Gasteiger partial charge >= 0.3 is 5.97 Å². The number of hydrogen-bond acceptors (Lipinski definition) is 5. The third-order valence-corrected chi connectivity index (χ3v) is 4.17. The number of hydrogen-bond donors (Lipinski definition) is 2. The van der Waals surface area contributed by atoms with Crippen molar-refractivity contribution in [3.63, 3.8) is 0 Å². The number of rotatable bonds is 3. The van der Waals surface area contributed by atoms with E-state index in [0.29, 0.717) is 16.9 Å². The molecule has 0 aromatic heterocycles. The number of nitrogens with one attached hydrogen (secondary N) is 1. The van der Waals surface area contributed by atoms with Gasteiger partial charge in [0.05, 0.1) is 11.1 Å². The van der Waals surface area contributed by atoms with Gasteiger partial charge in [-0.2, -0.15) is 0 Å². The van der Waals surface area contributed by atoms with Gasteiger partial charge in [0, 0.05) is 0 Å². The van der Waals surface area contributed by atoms with Crippen LogP contribution in [-0.2, 0) is 0 Å². The summed E-state index contributed by atoms with van der Waals surface area (Å²) < 4.78 is 11.3. The highest BCUT2D eigenvalue weighted by molar-refractivity contribution is 5.98. The molecule has 1 atom stereocenters. The van der Waals surface area contributed by atoms with E-state index in [4.69, 9.17) is 9.47 Å². The molecule has 3 aromatic carbocycles. The fourth-order valence-corrected chi connectivity index (χ4v) is 2.84. The molecule has 0 spiro atoms. The van der Waals surface area contributed by atoms with E-state index in [-0.39, 0.29) is 23.0 Å². The van der Waals surface area contributed by atoms with Gasteiger partial charge in [-0.15, -0.1) is 0 Å². The molecule has 1 unspecified atom stereocenters. The van der Waals surface area contributed by atoms with Crippen molar-refractivity contribution in [3.05, 3.63) is 89.5 Å². The van der Waals surface area contributed by atoms with Gasteiger partial charge in [-0.05, 0) is 36.4 Å². The maximum absolute atomic E-state index is 12.4. The minimum Gasteiger partial charge on any atom is -0.507 e. The van der Waals surface area contributed by atoms with E-state index < -0.39 is 12.2 Å². The molecule has 1 aliphatic rings. The summed E-state index contributed by atoms with van der Waals surface area (Å²) in [5.74, 6) is -0.466. The molecule has 1 heterocycles. The molecule has 6 nitrogen and oxygen atoms in total. The summed E-state index contributed by atoms with van der Waals surface area (Å²) in [6, 6.07) is 19.8. The summed E-state index contributed by atoms with van der Waals surface area (Å²) in [6.45, 7) is 0. The van der Waals surface area contributed by atoms with Crippen LogP contribution in [0.3, 0.4) is 0 Å². The van der Waals surface area contributed by atoms with E-state index >= 15 is 0 Å². The van der Waals surface area contributed by atoms with Gasteiger partial charge in [-0.1, -0.05) is 36.4 Å². The van der Waals surface area contributed by atoms with E-state index in [1.54, 1.807) is 60.7 Å². The van der Waals surface area contributed by atoms with E-state index in [1.165, 1.54) is 12.1 Å². The lowest BCUT2D eigenvalue weighted by molar-refractivity contribution is 0.0706. The Labute approximate surface area is 155 Å². The molecule has 4 rings (SSSR count). The first kappa shape index (κ1) is 16.7. The van der Waals surface area contributed by atoms with Crippen molar-refractivity contribution in [1.29, 1.82) is 0 Å². The number of aromatic hydroxyl groups is 1. The number of benzene rings is 3. The fourth-order valence-electron chi connectivity index (χ4n) is 2.84. The topological polar surface area (TPSA) is 84.9 Å².